The summed E-state index contributed by atoms with van der Waals surface area (Å²) in [7, 11) is 0. The molecule has 0 aliphatic carbocycles. The third kappa shape index (κ3) is 4.93. The van der Waals surface area contributed by atoms with E-state index in [0.717, 1.165) is 0 Å². The minimum Gasteiger partial charge on any atom is -0.135 e. The van der Waals surface area contributed by atoms with Crippen LogP contribution in [0.25, 0.3) is 86.6 Å². The van der Waals surface area contributed by atoms with E-state index in [-0.39, 0.29) is 0 Å². The van der Waals surface area contributed by atoms with Crippen LogP contribution in [0.5, 0.6) is 0 Å². The monoisotopic (exact) mass is 614 g/mol. The van der Waals surface area contributed by atoms with E-state index in [1.165, 1.54) is 86.6 Å². The molecule has 0 aliphatic heterocycles. The average Bonchev–Trinajstić information content (AvgIpc) is 3.65. The molecule has 0 spiro atoms. The maximum Gasteiger partial charge on any atom is 0.0349 e. The van der Waals surface area contributed by atoms with Gasteiger partial charge < -0.3 is 0 Å². The van der Waals surface area contributed by atoms with Crippen molar-refractivity contribution in [2.75, 3.05) is 0 Å². The van der Waals surface area contributed by atoms with Crippen LogP contribution in [0.15, 0.2) is 182 Å². The summed E-state index contributed by atoms with van der Waals surface area (Å²) in [5.74, 6) is 0. The predicted molar refractivity (Wildman–Crippen MR) is 204 cm³/mol. The van der Waals surface area contributed by atoms with E-state index in [1.54, 1.807) is 0 Å². The average molecular weight is 615 g/mol. The van der Waals surface area contributed by atoms with Gasteiger partial charge in [-0.25, -0.2) is 0 Å². The van der Waals surface area contributed by atoms with Crippen LogP contribution in [0.2, 0.25) is 0 Å². The Morgan fingerprint density at radius 3 is 1.28 bits per heavy atom. The van der Waals surface area contributed by atoms with Crippen LogP contribution in [0.4, 0.5) is 0 Å². The second kappa shape index (κ2) is 11.6. The first-order chi connectivity index (χ1) is 23.3. The van der Waals surface area contributed by atoms with Crippen molar-refractivity contribution in [3.8, 4) is 54.3 Å². The van der Waals surface area contributed by atoms with Gasteiger partial charge in [0.25, 0.3) is 0 Å². The summed E-state index contributed by atoms with van der Waals surface area (Å²) < 4.78 is 0. The zero-order valence-corrected chi connectivity index (χ0v) is 26.5. The fourth-order valence-corrected chi connectivity index (χ4v) is 8.05. The summed E-state index contributed by atoms with van der Waals surface area (Å²) in [6.45, 7) is 0. The first-order valence-corrected chi connectivity index (χ1v) is 16.9. The van der Waals surface area contributed by atoms with Crippen LogP contribution in [-0.4, -0.2) is 0 Å². The lowest BCUT2D eigenvalue weighted by molar-refractivity contribution is 1.64. The van der Waals surface area contributed by atoms with E-state index in [1.807, 2.05) is 11.3 Å². The maximum absolute atomic E-state index is 2.37. The fraction of sp³-hybridized carbons (Fsp3) is 0. The molecule has 0 aliphatic rings. The van der Waals surface area contributed by atoms with Gasteiger partial charge in [-0.15, -0.1) is 11.3 Å². The Balaban J connectivity index is 1.20. The lowest BCUT2D eigenvalue weighted by Crippen LogP contribution is -1.91. The van der Waals surface area contributed by atoms with Crippen molar-refractivity contribution in [2.24, 2.45) is 0 Å². The normalized spacial score (nSPS) is 11.4. The maximum atomic E-state index is 2.37. The van der Waals surface area contributed by atoms with Crippen molar-refractivity contribution in [1.29, 1.82) is 0 Å². The predicted octanol–water partition coefficient (Wildman–Crippen LogP) is 13.5. The highest BCUT2D eigenvalue weighted by atomic mass is 32.1. The zero-order valence-electron chi connectivity index (χ0n) is 25.7. The molecule has 0 radical (unpaired) electrons. The van der Waals surface area contributed by atoms with E-state index < -0.39 is 0 Å². The van der Waals surface area contributed by atoms with Gasteiger partial charge in [-0.05, 0) is 107 Å². The van der Waals surface area contributed by atoms with Gasteiger partial charge in [-0.2, -0.15) is 0 Å². The minimum atomic E-state index is 1.24. The molecule has 0 saturated heterocycles. The smallest absolute Gasteiger partial charge is 0.0349 e. The largest absolute Gasteiger partial charge is 0.135 e. The van der Waals surface area contributed by atoms with Gasteiger partial charge in [-0.1, -0.05) is 152 Å². The third-order valence-electron chi connectivity index (χ3n) is 9.27. The van der Waals surface area contributed by atoms with E-state index in [2.05, 4.69) is 182 Å². The third-order valence-corrected chi connectivity index (χ3v) is 10.5. The van der Waals surface area contributed by atoms with Gasteiger partial charge in [0.2, 0.25) is 0 Å². The van der Waals surface area contributed by atoms with E-state index in [0.29, 0.717) is 0 Å². The SMILES string of the molecule is c1ccc(-c2ccc3cc(-c4c5ccccc5c(-c5cccc(-c6ccc(-c7ccccc7)s6)c5)c5ccccc45)ccc3c2)cc1. The summed E-state index contributed by atoms with van der Waals surface area (Å²) in [6.07, 6.45) is 0. The molecule has 0 fully saturated rings. The highest BCUT2D eigenvalue weighted by Gasteiger charge is 2.17. The molecule has 0 nitrogen and oxygen atoms in total. The molecule has 1 aromatic heterocycles. The van der Waals surface area contributed by atoms with Crippen molar-refractivity contribution < 1.29 is 0 Å². The van der Waals surface area contributed by atoms with Crippen molar-refractivity contribution in [3.05, 3.63) is 182 Å². The second-order valence-corrected chi connectivity index (χ2v) is 13.2. The molecule has 0 amide bonds. The minimum absolute atomic E-state index is 1.24. The van der Waals surface area contributed by atoms with E-state index >= 15 is 0 Å². The van der Waals surface area contributed by atoms with Gasteiger partial charge in [0.1, 0.15) is 0 Å². The first kappa shape index (κ1) is 27.5. The zero-order chi connectivity index (χ0) is 31.2. The van der Waals surface area contributed by atoms with Crippen LogP contribution in [0, 0.1) is 0 Å². The van der Waals surface area contributed by atoms with Crippen LogP contribution in [0.3, 0.4) is 0 Å². The Kier molecular flexibility index (Phi) is 6.77. The van der Waals surface area contributed by atoms with Gasteiger partial charge in [0.15, 0.2) is 0 Å². The fourth-order valence-electron chi connectivity index (χ4n) is 7.04. The van der Waals surface area contributed by atoms with Gasteiger partial charge >= 0.3 is 0 Å². The summed E-state index contributed by atoms with van der Waals surface area (Å²) in [5.41, 5.74) is 10.0. The number of thiophene rings is 1. The summed E-state index contributed by atoms with van der Waals surface area (Å²) >= 11 is 1.85. The molecule has 1 heterocycles. The summed E-state index contributed by atoms with van der Waals surface area (Å²) in [4.78, 5) is 2.57. The van der Waals surface area contributed by atoms with Crippen LogP contribution < -0.4 is 0 Å². The molecule has 1 heteroatoms. The Bertz CT molecular complexity index is 2500. The molecular formula is C46H30S. The molecule has 0 atom stereocenters. The topological polar surface area (TPSA) is 0 Å². The molecule has 9 aromatic rings. The van der Waals surface area contributed by atoms with E-state index in [9.17, 15) is 0 Å². The van der Waals surface area contributed by atoms with Gasteiger partial charge in [-0.3, -0.25) is 0 Å². The molecule has 220 valence electrons. The second-order valence-electron chi connectivity index (χ2n) is 12.1. The highest BCUT2D eigenvalue weighted by molar-refractivity contribution is 7.18. The first-order valence-electron chi connectivity index (χ1n) is 16.1. The molecule has 0 N–H and O–H groups in total. The highest BCUT2D eigenvalue weighted by Crippen LogP contribution is 2.45. The molecule has 0 bridgehead atoms. The van der Waals surface area contributed by atoms with Crippen molar-refractivity contribution in [1.82, 2.24) is 0 Å². The summed E-state index contributed by atoms with van der Waals surface area (Å²) in [6, 6.07) is 66.4. The van der Waals surface area contributed by atoms with Crippen LogP contribution in [0.1, 0.15) is 0 Å². The van der Waals surface area contributed by atoms with Crippen molar-refractivity contribution >= 4 is 43.7 Å². The van der Waals surface area contributed by atoms with Crippen LogP contribution in [-0.2, 0) is 0 Å². The Morgan fingerprint density at radius 2 is 0.681 bits per heavy atom. The molecular weight excluding hydrogens is 585 g/mol. The lowest BCUT2D eigenvalue weighted by atomic mass is 9.85. The number of benzene rings is 8. The number of rotatable bonds is 5. The quantitative estimate of drug-likeness (QED) is 0.169. The van der Waals surface area contributed by atoms with Gasteiger partial charge in [0.05, 0.1) is 0 Å². The molecule has 9 rings (SSSR count). The number of hydrogen-bond acceptors (Lipinski definition) is 1. The van der Waals surface area contributed by atoms with Gasteiger partial charge in [0, 0.05) is 9.75 Å². The standard InChI is InChI=1S/C46H30S/c1-3-12-31(13-4-1)33-22-23-35-29-38(25-24-34(35)28-33)46-41-20-9-7-18-39(41)45(40-19-8-10-21-42(40)46)37-17-11-16-36(30-37)44-27-26-43(47-44)32-14-5-2-6-15-32/h1-30H. The van der Waals surface area contributed by atoms with Crippen molar-refractivity contribution in [3.63, 3.8) is 0 Å². The van der Waals surface area contributed by atoms with E-state index in [4.69, 9.17) is 0 Å². The Morgan fingerprint density at radius 1 is 0.255 bits per heavy atom. The Labute approximate surface area is 278 Å². The molecule has 0 unspecified atom stereocenters. The molecule has 0 saturated carbocycles. The number of hydrogen-bond donors (Lipinski definition) is 0. The molecule has 8 aromatic carbocycles. The molecule has 47 heavy (non-hydrogen) atoms. The number of fused-ring (bicyclic) bond motifs is 3. The Hall–Kier alpha value is -5.76. The summed E-state index contributed by atoms with van der Waals surface area (Å²) in [5, 5.41) is 7.59. The van der Waals surface area contributed by atoms with Crippen LogP contribution >= 0.6 is 11.3 Å². The lowest BCUT2D eigenvalue weighted by Gasteiger charge is -2.18. The van der Waals surface area contributed by atoms with Crippen molar-refractivity contribution in [2.45, 2.75) is 0 Å².